The summed E-state index contributed by atoms with van der Waals surface area (Å²) in [5, 5.41) is 6.90. The van der Waals surface area contributed by atoms with Crippen LogP contribution in [0.25, 0.3) is 0 Å². The van der Waals surface area contributed by atoms with E-state index < -0.39 is 0 Å². The van der Waals surface area contributed by atoms with Gasteiger partial charge in [0.05, 0.1) is 20.3 Å². The average molecular weight is 397 g/mol. The van der Waals surface area contributed by atoms with Crippen LogP contribution < -0.4 is 20.1 Å². The minimum absolute atomic E-state index is 0.346. The molecule has 0 radical (unpaired) electrons. The number of nitrogens with zero attached hydrogens (tertiary/aromatic N) is 2. The molecule has 156 valence electrons. The SMILES string of the molecule is CN=C(NCc1ccc(OC)c(OC)c1)NCC(c1ccccc1)N1CCCC1. The van der Waals surface area contributed by atoms with E-state index >= 15 is 0 Å². The number of likely N-dealkylation sites (tertiary alicyclic amines) is 1. The predicted molar refractivity (Wildman–Crippen MR) is 118 cm³/mol. The number of aliphatic imine (C=N–C) groups is 1. The van der Waals surface area contributed by atoms with Crippen molar-refractivity contribution in [3.63, 3.8) is 0 Å². The van der Waals surface area contributed by atoms with Crippen molar-refractivity contribution in [2.24, 2.45) is 4.99 Å². The van der Waals surface area contributed by atoms with E-state index in [1.165, 1.54) is 18.4 Å². The van der Waals surface area contributed by atoms with Crippen LogP contribution in [0.4, 0.5) is 0 Å². The first-order chi connectivity index (χ1) is 14.2. The minimum Gasteiger partial charge on any atom is -0.493 e. The third-order valence-corrected chi connectivity index (χ3v) is 5.36. The van der Waals surface area contributed by atoms with E-state index in [9.17, 15) is 0 Å². The number of rotatable bonds is 8. The van der Waals surface area contributed by atoms with Crippen LogP contribution in [0.1, 0.15) is 30.0 Å². The summed E-state index contributed by atoms with van der Waals surface area (Å²) in [6.45, 7) is 3.77. The molecule has 2 N–H and O–H groups in total. The maximum absolute atomic E-state index is 5.39. The number of hydrogen-bond donors (Lipinski definition) is 2. The highest BCUT2D eigenvalue weighted by atomic mass is 16.5. The first kappa shape index (κ1) is 21.0. The summed E-state index contributed by atoms with van der Waals surface area (Å²) in [6, 6.07) is 17.0. The van der Waals surface area contributed by atoms with Crippen molar-refractivity contribution in [2.75, 3.05) is 40.9 Å². The Morgan fingerprint density at radius 1 is 1.00 bits per heavy atom. The van der Waals surface area contributed by atoms with Crippen molar-refractivity contribution >= 4 is 5.96 Å². The van der Waals surface area contributed by atoms with Crippen LogP contribution in [0.15, 0.2) is 53.5 Å². The second-order valence-corrected chi connectivity index (χ2v) is 7.17. The number of guanidine groups is 1. The number of benzene rings is 2. The van der Waals surface area contributed by atoms with Gasteiger partial charge in [0.25, 0.3) is 0 Å². The number of methoxy groups -OCH3 is 2. The Balaban J connectivity index is 1.60. The Morgan fingerprint density at radius 2 is 1.72 bits per heavy atom. The van der Waals surface area contributed by atoms with Gasteiger partial charge in [0, 0.05) is 20.1 Å². The van der Waals surface area contributed by atoms with E-state index in [-0.39, 0.29) is 0 Å². The van der Waals surface area contributed by atoms with Crippen LogP contribution in [0.2, 0.25) is 0 Å². The Kier molecular flexibility index (Phi) is 7.76. The van der Waals surface area contributed by atoms with Gasteiger partial charge >= 0.3 is 0 Å². The number of nitrogens with one attached hydrogen (secondary N) is 2. The van der Waals surface area contributed by atoms with Gasteiger partial charge in [0.2, 0.25) is 0 Å². The van der Waals surface area contributed by atoms with E-state index in [0.717, 1.165) is 42.7 Å². The highest BCUT2D eigenvalue weighted by Crippen LogP contribution is 2.27. The summed E-state index contributed by atoms with van der Waals surface area (Å²) in [7, 11) is 5.10. The fourth-order valence-electron chi connectivity index (χ4n) is 3.78. The van der Waals surface area contributed by atoms with Crippen LogP contribution in [0, 0.1) is 0 Å². The van der Waals surface area contributed by atoms with E-state index in [2.05, 4.69) is 50.9 Å². The van der Waals surface area contributed by atoms with Gasteiger partial charge in [-0.3, -0.25) is 9.89 Å². The fraction of sp³-hybridized carbons (Fsp3) is 0.435. The third kappa shape index (κ3) is 5.64. The van der Waals surface area contributed by atoms with Gasteiger partial charge in [-0.2, -0.15) is 0 Å². The molecule has 0 saturated carbocycles. The lowest BCUT2D eigenvalue weighted by molar-refractivity contribution is 0.245. The summed E-state index contributed by atoms with van der Waals surface area (Å²) in [5.74, 6) is 2.25. The average Bonchev–Trinajstić information content (AvgIpc) is 3.31. The van der Waals surface area contributed by atoms with Crippen LogP contribution >= 0.6 is 0 Å². The molecule has 0 aliphatic carbocycles. The highest BCUT2D eigenvalue weighted by Gasteiger charge is 2.23. The van der Waals surface area contributed by atoms with Gasteiger partial charge < -0.3 is 20.1 Å². The third-order valence-electron chi connectivity index (χ3n) is 5.36. The first-order valence-corrected chi connectivity index (χ1v) is 10.2. The molecule has 1 unspecified atom stereocenters. The molecule has 1 atom stereocenters. The maximum atomic E-state index is 5.39. The first-order valence-electron chi connectivity index (χ1n) is 10.2. The van der Waals surface area contributed by atoms with Crippen LogP contribution in [-0.4, -0.2) is 51.8 Å². The zero-order chi connectivity index (χ0) is 20.5. The second kappa shape index (κ2) is 10.7. The van der Waals surface area contributed by atoms with Gasteiger partial charge in [-0.05, 0) is 49.2 Å². The van der Waals surface area contributed by atoms with Crippen molar-refractivity contribution < 1.29 is 9.47 Å². The molecule has 1 aliphatic rings. The smallest absolute Gasteiger partial charge is 0.191 e. The number of hydrogen-bond acceptors (Lipinski definition) is 4. The van der Waals surface area contributed by atoms with E-state index in [0.29, 0.717) is 12.6 Å². The van der Waals surface area contributed by atoms with Crippen LogP contribution in [0.3, 0.4) is 0 Å². The largest absolute Gasteiger partial charge is 0.493 e. The minimum atomic E-state index is 0.346. The Labute approximate surface area is 173 Å². The highest BCUT2D eigenvalue weighted by molar-refractivity contribution is 5.79. The van der Waals surface area contributed by atoms with Crippen molar-refractivity contribution in [3.8, 4) is 11.5 Å². The molecule has 0 aromatic heterocycles. The quantitative estimate of drug-likeness (QED) is 0.530. The summed E-state index contributed by atoms with van der Waals surface area (Å²) < 4.78 is 10.7. The topological polar surface area (TPSA) is 58.1 Å². The molecule has 0 amide bonds. The molecule has 2 aromatic carbocycles. The normalized spacial score (nSPS) is 15.8. The zero-order valence-electron chi connectivity index (χ0n) is 17.6. The van der Waals surface area contributed by atoms with E-state index in [1.807, 2.05) is 18.2 Å². The molecule has 1 heterocycles. The van der Waals surface area contributed by atoms with Gasteiger partial charge in [-0.15, -0.1) is 0 Å². The molecular formula is C23H32N4O2. The van der Waals surface area contributed by atoms with Crippen LogP contribution in [-0.2, 0) is 6.54 Å². The standard InChI is InChI=1S/C23H32N4O2/c1-24-23(25-16-18-11-12-21(28-2)22(15-18)29-3)26-17-20(27-13-7-8-14-27)19-9-5-4-6-10-19/h4-6,9-12,15,20H,7-8,13-14,16-17H2,1-3H3,(H2,24,25,26). The molecule has 1 fully saturated rings. The fourth-order valence-corrected chi connectivity index (χ4v) is 3.78. The molecule has 29 heavy (non-hydrogen) atoms. The van der Waals surface area contributed by atoms with Crippen molar-refractivity contribution in [3.05, 3.63) is 59.7 Å². The molecule has 6 nitrogen and oxygen atoms in total. The van der Waals surface area contributed by atoms with Gasteiger partial charge in [-0.25, -0.2) is 0 Å². The summed E-state index contributed by atoms with van der Waals surface area (Å²) in [6.07, 6.45) is 2.55. The lowest BCUT2D eigenvalue weighted by atomic mass is 10.1. The van der Waals surface area contributed by atoms with Crippen molar-refractivity contribution in [1.82, 2.24) is 15.5 Å². The predicted octanol–water partition coefficient (Wildman–Crippen LogP) is 3.21. The molecule has 0 spiro atoms. The van der Waals surface area contributed by atoms with E-state index in [1.54, 1.807) is 21.3 Å². The Bertz CT molecular complexity index is 789. The Morgan fingerprint density at radius 3 is 2.38 bits per heavy atom. The Hall–Kier alpha value is -2.73. The van der Waals surface area contributed by atoms with Crippen molar-refractivity contribution in [1.29, 1.82) is 0 Å². The molecule has 1 aliphatic heterocycles. The second-order valence-electron chi connectivity index (χ2n) is 7.17. The molecular weight excluding hydrogens is 364 g/mol. The molecule has 3 rings (SSSR count). The van der Waals surface area contributed by atoms with Crippen molar-refractivity contribution in [2.45, 2.75) is 25.4 Å². The summed E-state index contributed by atoms with van der Waals surface area (Å²) in [4.78, 5) is 6.95. The lowest BCUT2D eigenvalue weighted by Gasteiger charge is -2.29. The monoisotopic (exact) mass is 396 g/mol. The maximum Gasteiger partial charge on any atom is 0.191 e. The molecule has 1 saturated heterocycles. The summed E-state index contributed by atoms with van der Waals surface area (Å²) in [5.41, 5.74) is 2.45. The van der Waals surface area contributed by atoms with Gasteiger partial charge in [0.15, 0.2) is 17.5 Å². The zero-order valence-corrected chi connectivity index (χ0v) is 17.6. The van der Waals surface area contributed by atoms with Gasteiger partial charge in [-0.1, -0.05) is 36.4 Å². The van der Waals surface area contributed by atoms with Crippen LogP contribution in [0.5, 0.6) is 11.5 Å². The number of ether oxygens (including phenoxy) is 2. The van der Waals surface area contributed by atoms with Gasteiger partial charge in [0.1, 0.15) is 0 Å². The molecule has 6 heteroatoms. The van der Waals surface area contributed by atoms with E-state index in [4.69, 9.17) is 9.47 Å². The summed E-state index contributed by atoms with van der Waals surface area (Å²) >= 11 is 0. The molecule has 2 aromatic rings. The molecule has 0 bridgehead atoms. The lowest BCUT2D eigenvalue weighted by Crippen LogP contribution is -2.42.